The summed E-state index contributed by atoms with van der Waals surface area (Å²) < 4.78 is 25.3. The van der Waals surface area contributed by atoms with E-state index in [1.165, 1.54) is 10.6 Å². The summed E-state index contributed by atoms with van der Waals surface area (Å²) in [4.78, 5) is 35.2. The molecule has 8 nitrogen and oxygen atoms in total. The Morgan fingerprint density at radius 3 is 2.65 bits per heavy atom. The van der Waals surface area contributed by atoms with Crippen LogP contribution < -0.4 is 5.56 Å². The van der Waals surface area contributed by atoms with Gasteiger partial charge in [-0.25, -0.2) is 13.4 Å². The van der Waals surface area contributed by atoms with Gasteiger partial charge in [0.1, 0.15) is 5.82 Å². The second-order valence-corrected chi connectivity index (χ2v) is 10.5. The van der Waals surface area contributed by atoms with Crippen molar-refractivity contribution in [2.45, 2.75) is 51.6 Å². The van der Waals surface area contributed by atoms with Crippen LogP contribution in [0.15, 0.2) is 29.1 Å². The van der Waals surface area contributed by atoms with Gasteiger partial charge in [-0.05, 0) is 38.2 Å². The number of aromatic nitrogens is 2. The number of hydrogen-bond acceptors (Lipinski definition) is 5. The van der Waals surface area contributed by atoms with E-state index in [0.717, 1.165) is 30.4 Å². The lowest BCUT2D eigenvalue weighted by atomic mass is 9.99. The number of nitrogens with one attached hydrogen (secondary N) is 1. The molecule has 2 aromatic rings. The number of H-pyrrole nitrogens is 1. The Balaban J connectivity index is 1.61. The Morgan fingerprint density at radius 2 is 1.94 bits per heavy atom. The number of rotatable bonds is 4. The van der Waals surface area contributed by atoms with Crippen molar-refractivity contribution in [2.75, 3.05) is 19.3 Å². The highest BCUT2D eigenvalue weighted by molar-refractivity contribution is 7.88. The third-order valence-electron chi connectivity index (χ3n) is 6.14. The van der Waals surface area contributed by atoms with E-state index in [1.54, 1.807) is 0 Å². The second kappa shape index (κ2) is 8.55. The van der Waals surface area contributed by atoms with Gasteiger partial charge in [0.15, 0.2) is 0 Å². The number of aromatic amines is 1. The zero-order valence-corrected chi connectivity index (χ0v) is 18.7. The minimum atomic E-state index is -3.36. The number of carbonyl (C=O) groups excluding carboxylic acids is 1. The number of fused-ring (bicyclic) bond motifs is 1. The molecular formula is C22H28N4O4S. The largest absolute Gasteiger partial charge is 0.332 e. The zero-order valence-electron chi connectivity index (χ0n) is 17.9. The Hall–Kier alpha value is -2.52. The predicted molar refractivity (Wildman–Crippen MR) is 117 cm³/mol. The average Bonchev–Trinajstić information content (AvgIpc) is 2.74. The van der Waals surface area contributed by atoms with Crippen molar-refractivity contribution in [1.82, 2.24) is 19.2 Å². The van der Waals surface area contributed by atoms with Gasteiger partial charge in [0.2, 0.25) is 15.9 Å². The molecule has 0 spiro atoms. The molecule has 1 N–H and O–H groups in total. The van der Waals surface area contributed by atoms with Crippen molar-refractivity contribution >= 4 is 15.9 Å². The number of sulfonamides is 1. The van der Waals surface area contributed by atoms with E-state index < -0.39 is 10.0 Å². The molecule has 31 heavy (non-hydrogen) atoms. The molecule has 0 unspecified atom stereocenters. The first-order chi connectivity index (χ1) is 14.7. The predicted octanol–water partition coefficient (Wildman–Crippen LogP) is 1.69. The van der Waals surface area contributed by atoms with Crippen molar-refractivity contribution in [3.63, 3.8) is 0 Å². The summed E-state index contributed by atoms with van der Waals surface area (Å²) in [5.41, 5.74) is 2.90. The summed E-state index contributed by atoms with van der Waals surface area (Å²) in [5.74, 6) is 0.461. The molecule has 1 aromatic heterocycles. The van der Waals surface area contributed by atoms with E-state index in [2.05, 4.69) is 9.97 Å². The molecule has 1 saturated heterocycles. The number of amides is 1. The quantitative estimate of drug-likeness (QED) is 0.773. The molecule has 2 aliphatic rings. The standard InChI is InChI=1S/C22H28N4O4S/c1-15-6-8-16(9-7-15)13-20(27)26-11-4-3-5-19(26)21-23-18-14-25(31(2,29)30)12-10-17(18)22(28)24-21/h6-9,19H,3-5,10-14H2,1-2H3,(H,23,24,28)/t19-/m1/s1. The Labute approximate surface area is 182 Å². The molecule has 3 heterocycles. The van der Waals surface area contributed by atoms with Gasteiger partial charge < -0.3 is 9.88 Å². The maximum Gasteiger partial charge on any atom is 0.254 e. The van der Waals surface area contributed by atoms with Crippen LogP contribution in [0.2, 0.25) is 0 Å². The maximum atomic E-state index is 13.1. The topological polar surface area (TPSA) is 103 Å². The van der Waals surface area contributed by atoms with Crippen LogP contribution in [0.4, 0.5) is 0 Å². The van der Waals surface area contributed by atoms with Gasteiger partial charge in [0.25, 0.3) is 5.56 Å². The van der Waals surface area contributed by atoms with Crippen molar-refractivity contribution in [2.24, 2.45) is 0 Å². The van der Waals surface area contributed by atoms with E-state index in [4.69, 9.17) is 0 Å². The zero-order chi connectivity index (χ0) is 22.2. The average molecular weight is 445 g/mol. The summed E-state index contributed by atoms with van der Waals surface area (Å²) in [6.07, 6.45) is 4.37. The van der Waals surface area contributed by atoms with Gasteiger partial charge in [-0.15, -0.1) is 0 Å². The fourth-order valence-corrected chi connectivity index (χ4v) is 5.15. The van der Waals surface area contributed by atoms with Crippen LogP contribution in [-0.2, 0) is 34.2 Å². The van der Waals surface area contributed by atoms with Crippen LogP contribution in [-0.4, -0.2) is 52.8 Å². The normalized spacial score (nSPS) is 19.8. The van der Waals surface area contributed by atoms with Crippen LogP contribution in [0.25, 0.3) is 0 Å². The molecular weight excluding hydrogens is 416 g/mol. The molecule has 1 amide bonds. The highest BCUT2D eigenvalue weighted by Gasteiger charge is 2.32. The third-order valence-corrected chi connectivity index (χ3v) is 7.39. The van der Waals surface area contributed by atoms with E-state index in [1.807, 2.05) is 36.1 Å². The molecule has 4 rings (SSSR count). The maximum absolute atomic E-state index is 13.1. The van der Waals surface area contributed by atoms with Crippen molar-refractivity contribution < 1.29 is 13.2 Å². The summed E-state index contributed by atoms with van der Waals surface area (Å²) in [6, 6.07) is 7.60. The number of carbonyl (C=O) groups is 1. The fourth-order valence-electron chi connectivity index (χ4n) is 4.37. The molecule has 0 aliphatic carbocycles. The Bertz CT molecular complexity index is 1140. The van der Waals surface area contributed by atoms with E-state index in [0.29, 0.717) is 36.5 Å². The smallest absolute Gasteiger partial charge is 0.254 e. The van der Waals surface area contributed by atoms with Gasteiger partial charge in [-0.3, -0.25) is 9.59 Å². The number of aryl methyl sites for hydroxylation is 1. The van der Waals surface area contributed by atoms with Gasteiger partial charge in [0.05, 0.1) is 31.0 Å². The van der Waals surface area contributed by atoms with Crippen molar-refractivity contribution in [3.8, 4) is 0 Å². The molecule has 0 bridgehead atoms. The van der Waals surface area contributed by atoms with Crippen LogP contribution >= 0.6 is 0 Å². The molecule has 1 aromatic carbocycles. The molecule has 2 aliphatic heterocycles. The van der Waals surface area contributed by atoms with Crippen LogP contribution in [0, 0.1) is 6.92 Å². The van der Waals surface area contributed by atoms with E-state index >= 15 is 0 Å². The van der Waals surface area contributed by atoms with Crippen molar-refractivity contribution in [3.05, 3.63) is 62.8 Å². The number of nitrogens with zero attached hydrogens (tertiary/aromatic N) is 3. The highest BCUT2D eigenvalue weighted by Crippen LogP contribution is 2.30. The highest BCUT2D eigenvalue weighted by atomic mass is 32.2. The number of benzene rings is 1. The van der Waals surface area contributed by atoms with Gasteiger partial charge in [0, 0.05) is 18.7 Å². The second-order valence-electron chi connectivity index (χ2n) is 8.48. The van der Waals surface area contributed by atoms with E-state index in [-0.39, 0.29) is 30.6 Å². The monoisotopic (exact) mass is 444 g/mol. The van der Waals surface area contributed by atoms with Crippen molar-refractivity contribution in [1.29, 1.82) is 0 Å². The van der Waals surface area contributed by atoms with Gasteiger partial charge in [-0.1, -0.05) is 29.8 Å². The minimum Gasteiger partial charge on any atom is -0.332 e. The van der Waals surface area contributed by atoms with Gasteiger partial charge >= 0.3 is 0 Å². The van der Waals surface area contributed by atoms with Gasteiger partial charge in [-0.2, -0.15) is 4.31 Å². The number of hydrogen-bond donors (Lipinski definition) is 1. The number of piperidine rings is 1. The molecule has 1 atom stereocenters. The summed E-state index contributed by atoms with van der Waals surface area (Å²) >= 11 is 0. The van der Waals surface area contributed by atoms with E-state index in [9.17, 15) is 18.0 Å². The lowest BCUT2D eigenvalue weighted by molar-refractivity contribution is -0.134. The summed E-state index contributed by atoms with van der Waals surface area (Å²) in [7, 11) is -3.36. The lowest BCUT2D eigenvalue weighted by Crippen LogP contribution is -2.42. The fraction of sp³-hybridized carbons (Fsp3) is 0.500. The molecule has 166 valence electrons. The Morgan fingerprint density at radius 1 is 1.19 bits per heavy atom. The van der Waals surface area contributed by atoms with Crippen LogP contribution in [0.1, 0.15) is 53.5 Å². The van der Waals surface area contributed by atoms with Crippen LogP contribution in [0.3, 0.4) is 0 Å². The first kappa shape index (κ1) is 21.7. The first-order valence-electron chi connectivity index (χ1n) is 10.6. The molecule has 0 radical (unpaired) electrons. The lowest BCUT2D eigenvalue weighted by Gasteiger charge is -2.36. The molecule has 9 heteroatoms. The summed E-state index contributed by atoms with van der Waals surface area (Å²) in [6.45, 7) is 3.00. The minimum absolute atomic E-state index is 0.00619. The number of likely N-dealkylation sites (tertiary alicyclic amines) is 1. The first-order valence-corrected chi connectivity index (χ1v) is 12.5. The van der Waals surface area contributed by atoms with Crippen LogP contribution in [0.5, 0.6) is 0 Å². The molecule has 1 fully saturated rings. The molecule has 0 saturated carbocycles. The Kier molecular flexibility index (Phi) is 5.98. The third kappa shape index (κ3) is 4.72. The summed E-state index contributed by atoms with van der Waals surface area (Å²) in [5, 5.41) is 0. The SMILES string of the molecule is Cc1ccc(CC(=O)N2CCCC[C@@H]2c2nc3c(c(=O)[nH]2)CCN(S(C)(=O)=O)C3)cc1.